The summed E-state index contributed by atoms with van der Waals surface area (Å²) in [5.41, 5.74) is 6.55. The molecule has 0 saturated heterocycles. The molecule has 0 aliphatic rings. The Balaban J connectivity index is 2.26. The molecule has 1 aromatic rings. The van der Waals surface area contributed by atoms with Crippen LogP contribution in [0, 0.1) is 5.92 Å². The van der Waals surface area contributed by atoms with E-state index in [0.29, 0.717) is 35.3 Å². The second kappa shape index (κ2) is 8.02. The van der Waals surface area contributed by atoms with Gasteiger partial charge in [-0.25, -0.2) is 0 Å². The van der Waals surface area contributed by atoms with Crippen LogP contribution in [0.4, 0.5) is 5.69 Å². The molecule has 0 aliphatic carbocycles. The molecule has 1 aromatic carbocycles. The van der Waals surface area contributed by atoms with Gasteiger partial charge in [0, 0.05) is 18.7 Å². The van der Waals surface area contributed by atoms with E-state index in [4.69, 9.17) is 22.1 Å². The van der Waals surface area contributed by atoms with Crippen LogP contribution in [-0.4, -0.2) is 25.7 Å². The maximum Gasteiger partial charge on any atom is 0.251 e. The van der Waals surface area contributed by atoms with E-state index in [2.05, 4.69) is 19.2 Å². The summed E-state index contributed by atoms with van der Waals surface area (Å²) in [6.07, 6.45) is 1.03. The summed E-state index contributed by atoms with van der Waals surface area (Å²) in [7, 11) is 0. The van der Waals surface area contributed by atoms with E-state index in [1.165, 1.54) is 0 Å². The van der Waals surface area contributed by atoms with Crippen molar-refractivity contribution in [3.05, 3.63) is 28.8 Å². The summed E-state index contributed by atoms with van der Waals surface area (Å²) >= 11 is 5.86. The summed E-state index contributed by atoms with van der Waals surface area (Å²) < 4.78 is 5.41. The Hall–Kier alpha value is -1.26. The summed E-state index contributed by atoms with van der Waals surface area (Å²) in [4.78, 5) is 11.8. The van der Waals surface area contributed by atoms with E-state index < -0.39 is 0 Å². The number of ether oxygens (including phenoxy) is 1. The number of nitrogens with two attached hydrogens (primary N) is 1. The third-order valence-electron chi connectivity index (χ3n) is 2.63. The SMILES string of the molecule is CC(C)CCOCCNC(=O)c1ccc(N)c(Cl)c1. The van der Waals surface area contributed by atoms with Gasteiger partial charge in [0.05, 0.1) is 17.3 Å². The van der Waals surface area contributed by atoms with E-state index in [1.807, 2.05) is 0 Å². The number of rotatable bonds is 7. The fourth-order valence-corrected chi connectivity index (χ4v) is 1.61. The van der Waals surface area contributed by atoms with Crippen LogP contribution in [0.25, 0.3) is 0 Å². The zero-order valence-corrected chi connectivity index (χ0v) is 12.2. The third kappa shape index (κ3) is 5.94. The van der Waals surface area contributed by atoms with Gasteiger partial charge in [-0.1, -0.05) is 25.4 Å². The van der Waals surface area contributed by atoms with Crippen molar-refractivity contribution in [2.45, 2.75) is 20.3 Å². The maximum atomic E-state index is 11.8. The first-order valence-electron chi connectivity index (χ1n) is 6.41. The minimum Gasteiger partial charge on any atom is -0.398 e. The fourth-order valence-electron chi connectivity index (χ4n) is 1.43. The predicted molar refractivity (Wildman–Crippen MR) is 78.5 cm³/mol. The standard InChI is InChI=1S/C14H21ClN2O2/c1-10(2)5-7-19-8-6-17-14(18)11-3-4-13(16)12(15)9-11/h3-4,9-10H,5-8,16H2,1-2H3,(H,17,18). The smallest absolute Gasteiger partial charge is 0.251 e. The van der Waals surface area contributed by atoms with E-state index in [9.17, 15) is 4.79 Å². The molecule has 3 N–H and O–H groups in total. The molecule has 0 saturated carbocycles. The zero-order chi connectivity index (χ0) is 14.3. The highest BCUT2D eigenvalue weighted by Crippen LogP contribution is 2.19. The van der Waals surface area contributed by atoms with Crippen molar-refractivity contribution in [2.24, 2.45) is 5.92 Å². The van der Waals surface area contributed by atoms with Crippen LogP contribution >= 0.6 is 11.6 Å². The van der Waals surface area contributed by atoms with E-state index in [1.54, 1.807) is 18.2 Å². The summed E-state index contributed by atoms with van der Waals surface area (Å²) in [6.45, 7) is 6.02. The minimum atomic E-state index is -0.172. The van der Waals surface area contributed by atoms with Gasteiger partial charge in [0.1, 0.15) is 0 Å². The summed E-state index contributed by atoms with van der Waals surface area (Å²) in [5, 5.41) is 3.16. The second-order valence-corrected chi connectivity index (χ2v) is 5.19. The number of hydrogen-bond donors (Lipinski definition) is 2. The van der Waals surface area contributed by atoms with Crippen molar-refractivity contribution >= 4 is 23.2 Å². The Bertz CT molecular complexity index is 422. The molecule has 106 valence electrons. The monoisotopic (exact) mass is 284 g/mol. The summed E-state index contributed by atoms with van der Waals surface area (Å²) in [5.74, 6) is 0.459. The number of amides is 1. The number of nitrogen functional groups attached to an aromatic ring is 1. The van der Waals surface area contributed by atoms with Crippen molar-refractivity contribution in [3.63, 3.8) is 0 Å². The lowest BCUT2D eigenvalue weighted by molar-refractivity contribution is 0.0906. The molecule has 0 unspecified atom stereocenters. The van der Waals surface area contributed by atoms with Crippen molar-refractivity contribution in [1.82, 2.24) is 5.32 Å². The minimum absolute atomic E-state index is 0.172. The number of nitrogens with one attached hydrogen (secondary N) is 1. The van der Waals surface area contributed by atoms with Crippen LogP contribution in [0.3, 0.4) is 0 Å². The molecule has 0 aromatic heterocycles. The molecule has 1 amide bonds. The van der Waals surface area contributed by atoms with Gasteiger partial charge < -0.3 is 15.8 Å². The van der Waals surface area contributed by atoms with Crippen LogP contribution in [-0.2, 0) is 4.74 Å². The van der Waals surface area contributed by atoms with E-state index in [0.717, 1.165) is 13.0 Å². The van der Waals surface area contributed by atoms with Gasteiger partial charge in [-0.05, 0) is 30.5 Å². The van der Waals surface area contributed by atoms with Gasteiger partial charge >= 0.3 is 0 Å². The first kappa shape index (κ1) is 15.8. The number of halogens is 1. The highest BCUT2D eigenvalue weighted by Gasteiger charge is 2.06. The van der Waals surface area contributed by atoms with Crippen molar-refractivity contribution in [2.75, 3.05) is 25.5 Å². The largest absolute Gasteiger partial charge is 0.398 e. The van der Waals surface area contributed by atoms with Crippen molar-refractivity contribution in [1.29, 1.82) is 0 Å². The highest BCUT2D eigenvalue weighted by atomic mass is 35.5. The molecular formula is C14H21ClN2O2. The Labute approximate surface area is 119 Å². The summed E-state index contributed by atoms with van der Waals surface area (Å²) in [6, 6.07) is 4.83. The Kier molecular flexibility index (Phi) is 6.67. The quantitative estimate of drug-likeness (QED) is 0.598. The van der Waals surface area contributed by atoms with Crippen LogP contribution < -0.4 is 11.1 Å². The lowest BCUT2D eigenvalue weighted by Gasteiger charge is -2.08. The van der Waals surface area contributed by atoms with Crippen LogP contribution in [0.1, 0.15) is 30.6 Å². The van der Waals surface area contributed by atoms with Gasteiger partial charge in [-0.3, -0.25) is 4.79 Å². The Morgan fingerprint density at radius 3 is 2.79 bits per heavy atom. The number of hydrogen-bond acceptors (Lipinski definition) is 3. The van der Waals surface area contributed by atoms with Gasteiger partial charge in [-0.15, -0.1) is 0 Å². The van der Waals surface area contributed by atoms with Gasteiger partial charge in [-0.2, -0.15) is 0 Å². The van der Waals surface area contributed by atoms with Gasteiger partial charge in [0.15, 0.2) is 0 Å². The Morgan fingerprint density at radius 2 is 2.16 bits per heavy atom. The van der Waals surface area contributed by atoms with E-state index in [-0.39, 0.29) is 5.91 Å². The molecule has 0 radical (unpaired) electrons. The average Bonchev–Trinajstić information content (AvgIpc) is 2.36. The van der Waals surface area contributed by atoms with Crippen LogP contribution in [0.5, 0.6) is 0 Å². The van der Waals surface area contributed by atoms with Crippen molar-refractivity contribution in [3.8, 4) is 0 Å². The molecular weight excluding hydrogens is 264 g/mol. The highest BCUT2D eigenvalue weighted by molar-refractivity contribution is 6.33. The number of carbonyl (C=O) groups excluding carboxylic acids is 1. The molecule has 0 spiro atoms. The molecule has 0 heterocycles. The van der Waals surface area contributed by atoms with E-state index >= 15 is 0 Å². The lowest BCUT2D eigenvalue weighted by atomic mass is 10.1. The number of benzene rings is 1. The van der Waals surface area contributed by atoms with Crippen LogP contribution in [0.2, 0.25) is 5.02 Å². The number of carbonyl (C=O) groups is 1. The Morgan fingerprint density at radius 1 is 1.42 bits per heavy atom. The van der Waals surface area contributed by atoms with Gasteiger partial charge in [0.2, 0.25) is 0 Å². The maximum absolute atomic E-state index is 11.8. The zero-order valence-electron chi connectivity index (χ0n) is 11.4. The number of anilines is 1. The predicted octanol–water partition coefficient (Wildman–Crippen LogP) is 2.71. The first-order valence-corrected chi connectivity index (χ1v) is 6.79. The lowest BCUT2D eigenvalue weighted by Crippen LogP contribution is -2.27. The van der Waals surface area contributed by atoms with Gasteiger partial charge in [0.25, 0.3) is 5.91 Å². The third-order valence-corrected chi connectivity index (χ3v) is 2.96. The molecule has 0 fully saturated rings. The molecule has 0 bridgehead atoms. The molecule has 0 atom stereocenters. The average molecular weight is 285 g/mol. The molecule has 19 heavy (non-hydrogen) atoms. The van der Waals surface area contributed by atoms with Crippen LogP contribution in [0.15, 0.2) is 18.2 Å². The molecule has 1 rings (SSSR count). The molecule has 5 heteroatoms. The fraction of sp³-hybridized carbons (Fsp3) is 0.500. The normalized spacial score (nSPS) is 10.7. The topological polar surface area (TPSA) is 64.3 Å². The van der Waals surface area contributed by atoms with Crippen molar-refractivity contribution < 1.29 is 9.53 Å². The molecule has 4 nitrogen and oxygen atoms in total. The first-order chi connectivity index (χ1) is 9.00. The molecule has 0 aliphatic heterocycles. The second-order valence-electron chi connectivity index (χ2n) is 4.79.